The number of nitrogens with two attached hydrogens (primary N) is 1. The summed E-state index contributed by atoms with van der Waals surface area (Å²) in [6, 6.07) is 2.90. The van der Waals surface area contributed by atoms with E-state index in [1.807, 2.05) is 0 Å². The quantitative estimate of drug-likeness (QED) is 0.285. The first kappa shape index (κ1) is 28.6. The van der Waals surface area contributed by atoms with E-state index in [9.17, 15) is 29.1 Å². The highest BCUT2D eigenvalue weighted by atomic mass is 16.5. The van der Waals surface area contributed by atoms with Crippen molar-refractivity contribution in [2.75, 3.05) is 25.1 Å². The molecule has 1 saturated heterocycles. The Hall–Kier alpha value is -3.93. The van der Waals surface area contributed by atoms with Crippen molar-refractivity contribution in [3.63, 3.8) is 0 Å². The van der Waals surface area contributed by atoms with Crippen LogP contribution in [0.4, 0.5) is 5.69 Å². The fourth-order valence-corrected chi connectivity index (χ4v) is 4.77. The van der Waals surface area contributed by atoms with E-state index in [4.69, 9.17) is 14.9 Å². The lowest BCUT2D eigenvalue weighted by atomic mass is 10.1. The maximum absolute atomic E-state index is 13.6. The first-order valence-corrected chi connectivity index (χ1v) is 12.5. The van der Waals surface area contributed by atoms with Crippen LogP contribution in [0.5, 0.6) is 5.75 Å². The molecule has 0 saturated carbocycles. The van der Waals surface area contributed by atoms with Gasteiger partial charge in [0.25, 0.3) is 0 Å². The van der Waals surface area contributed by atoms with Gasteiger partial charge in [-0.1, -0.05) is 0 Å². The summed E-state index contributed by atoms with van der Waals surface area (Å²) in [4.78, 5) is 66.0. The summed E-state index contributed by atoms with van der Waals surface area (Å²) in [5.74, 6) is -2.25. The van der Waals surface area contributed by atoms with E-state index in [0.717, 1.165) is 6.07 Å². The Labute approximate surface area is 219 Å². The van der Waals surface area contributed by atoms with Gasteiger partial charge >= 0.3 is 11.6 Å². The molecule has 1 aliphatic heterocycles. The highest BCUT2D eigenvalue weighted by molar-refractivity contribution is 6.06. The molecule has 1 aliphatic rings. The van der Waals surface area contributed by atoms with Crippen molar-refractivity contribution < 1.29 is 33.4 Å². The molecule has 1 aromatic heterocycles. The molecule has 3 atom stereocenters. The third kappa shape index (κ3) is 6.31. The van der Waals surface area contributed by atoms with Gasteiger partial charge in [0.15, 0.2) is 0 Å². The summed E-state index contributed by atoms with van der Waals surface area (Å²) in [6.07, 6.45) is 2.29. The van der Waals surface area contributed by atoms with Crippen molar-refractivity contribution in [2.45, 2.75) is 64.1 Å². The number of nitrogens with zero attached hydrogens (tertiary/aromatic N) is 2. The summed E-state index contributed by atoms with van der Waals surface area (Å²) >= 11 is 0. The molecule has 3 rings (SSSR count). The number of ether oxygens (including phenoxy) is 1. The monoisotopic (exact) mass is 530 g/mol. The molecule has 1 aromatic carbocycles. The molecule has 2 heterocycles. The topological polar surface area (TPSA) is 172 Å². The maximum Gasteiger partial charge on any atom is 0.338 e. The van der Waals surface area contributed by atoms with Gasteiger partial charge in [-0.15, -0.1) is 0 Å². The molecule has 1 fully saturated rings. The van der Waals surface area contributed by atoms with Gasteiger partial charge in [0.2, 0.25) is 17.7 Å². The average Bonchev–Trinajstić information content (AvgIpc) is 3.37. The fourth-order valence-electron chi connectivity index (χ4n) is 4.77. The molecule has 0 radical (unpaired) electrons. The van der Waals surface area contributed by atoms with E-state index in [1.54, 1.807) is 12.1 Å². The lowest BCUT2D eigenvalue weighted by Gasteiger charge is -2.33. The average molecular weight is 531 g/mol. The number of hydrogen-bond donors (Lipinski definition) is 3. The van der Waals surface area contributed by atoms with Gasteiger partial charge in [0, 0.05) is 31.0 Å². The molecule has 12 heteroatoms. The van der Waals surface area contributed by atoms with Crippen LogP contribution in [0.2, 0.25) is 0 Å². The minimum Gasteiger partial charge on any atom is -0.497 e. The molecule has 0 unspecified atom stereocenters. The minimum atomic E-state index is -1.16. The summed E-state index contributed by atoms with van der Waals surface area (Å²) in [5.41, 5.74) is 5.15. The van der Waals surface area contributed by atoms with Crippen molar-refractivity contribution in [1.82, 2.24) is 10.2 Å². The van der Waals surface area contributed by atoms with Crippen LogP contribution in [0.25, 0.3) is 11.0 Å². The Balaban J connectivity index is 1.87. The predicted molar refractivity (Wildman–Crippen MR) is 139 cm³/mol. The molecule has 206 valence electrons. The summed E-state index contributed by atoms with van der Waals surface area (Å²) in [7, 11) is 1.47. The largest absolute Gasteiger partial charge is 0.497 e. The number of nitrogens with one attached hydrogen (secondary N) is 1. The van der Waals surface area contributed by atoms with E-state index >= 15 is 0 Å². The SMILES string of the molecule is COc1ccc2c(N(C(C)=O)[C@@H](C)C(=O)N3CCC[C@H]3C(=O)N[C@@H](CCCCN)C(=O)O)cc(=O)oc2c1. The number of benzene rings is 1. The second kappa shape index (κ2) is 12.5. The molecular formula is C26H34N4O8. The van der Waals surface area contributed by atoms with Crippen LogP contribution in [0.15, 0.2) is 33.5 Å². The van der Waals surface area contributed by atoms with Gasteiger partial charge in [-0.2, -0.15) is 0 Å². The second-order valence-electron chi connectivity index (χ2n) is 9.25. The lowest BCUT2D eigenvalue weighted by Crippen LogP contribution is -2.55. The zero-order chi connectivity index (χ0) is 28.0. The number of carbonyl (C=O) groups is 4. The minimum absolute atomic E-state index is 0.186. The number of anilines is 1. The molecule has 38 heavy (non-hydrogen) atoms. The van der Waals surface area contributed by atoms with E-state index in [-0.39, 0.29) is 24.2 Å². The number of methoxy groups -OCH3 is 1. The van der Waals surface area contributed by atoms with Crippen LogP contribution in [0, 0.1) is 0 Å². The van der Waals surface area contributed by atoms with E-state index in [0.29, 0.717) is 43.4 Å². The van der Waals surface area contributed by atoms with Gasteiger partial charge in [0.1, 0.15) is 29.5 Å². The van der Waals surface area contributed by atoms with Crippen molar-refractivity contribution in [3.05, 3.63) is 34.7 Å². The number of amides is 3. The van der Waals surface area contributed by atoms with Gasteiger partial charge < -0.3 is 30.2 Å². The molecule has 0 bridgehead atoms. The molecule has 4 N–H and O–H groups in total. The van der Waals surface area contributed by atoms with Crippen LogP contribution in [-0.2, 0) is 19.2 Å². The van der Waals surface area contributed by atoms with Gasteiger partial charge in [0.05, 0.1) is 12.8 Å². The van der Waals surface area contributed by atoms with Crippen LogP contribution in [0.1, 0.15) is 46.0 Å². The Morgan fingerprint density at radius 3 is 2.63 bits per heavy atom. The standard InChI is InChI=1S/C26H34N4O8/c1-15(30(16(2)31)21-14-23(32)38-22-13-17(37-3)9-10-18(21)22)25(34)29-12-6-8-20(29)24(33)28-19(26(35)36)7-4-5-11-27/h9-10,13-15,19-20H,4-8,11-12,27H2,1-3H3,(H,28,33)(H,35,36)/t15-,19-,20-/m0/s1. The summed E-state index contributed by atoms with van der Waals surface area (Å²) < 4.78 is 10.5. The maximum atomic E-state index is 13.6. The van der Waals surface area contributed by atoms with Crippen LogP contribution in [-0.4, -0.2) is 72.0 Å². The van der Waals surface area contributed by atoms with Crippen molar-refractivity contribution in [3.8, 4) is 5.75 Å². The number of carbonyl (C=O) groups excluding carboxylic acids is 3. The van der Waals surface area contributed by atoms with E-state index < -0.39 is 47.4 Å². The Bertz CT molecular complexity index is 1260. The fraction of sp³-hybridized carbons (Fsp3) is 0.500. The van der Waals surface area contributed by atoms with Gasteiger partial charge in [-0.25, -0.2) is 9.59 Å². The number of carboxylic acids is 1. The first-order valence-electron chi connectivity index (χ1n) is 12.5. The summed E-state index contributed by atoms with van der Waals surface area (Å²) in [6.45, 7) is 3.49. The van der Waals surface area contributed by atoms with Crippen molar-refractivity contribution in [2.24, 2.45) is 5.73 Å². The highest BCUT2D eigenvalue weighted by Gasteiger charge is 2.39. The molecule has 0 spiro atoms. The Kier molecular flexibility index (Phi) is 9.45. The summed E-state index contributed by atoms with van der Waals surface area (Å²) in [5, 5.41) is 12.5. The molecular weight excluding hydrogens is 496 g/mol. The number of fused-ring (bicyclic) bond motifs is 1. The van der Waals surface area contributed by atoms with Crippen molar-refractivity contribution in [1.29, 1.82) is 0 Å². The third-order valence-electron chi connectivity index (χ3n) is 6.67. The Morgan fingerprint density at radius 2 is 2.00 bits per heavy atom. The van der Waals surface area contributed by atoms with Crippen LogP contribution < -0.4 is 26.3 Å². The smallest absolute Gasteiger partial charge is 0.338 e. The zero-order valence-electron chi connectivity index (χ0n) is 21.8. The predicted octanol–water partition coefficient (Wildman–Crippen LogP) is 1.23. The molecule has 0 aliphatic carbocycles. The van der Waals surface area contributed by atoms with Gasteiger partial charge in [-0.3, -0.25) is 19.3 Å². The van der Waals surface area contributed by atoms with E-state index in [1.165, 1.54) is 36.8 Å². The number of aliphatic carboxylic acids is 1. The third-order valence-corrected chi connectivity index (χ3v) is 6.67. The highest BCUT2D eigenvalue weighted by Crippen LogP contribution is 2.31. The number of unbranched alkanes of at least 4 members (excludes halogenated alkanes) is 1. The Morgan fingerprint density at radius 1 is 1.26 bits per heavy atom. The number of likely N-dealkylation sites (tertiary alicyclic amines) is 1. The second-order valence-corrected chi connectivity index (χ2v) is 9.25. The first-order chi connectivity index (χ1) is 18.1. The number of carboxylic acid groups (broad SMARTS) is 1. The zero-order valence-corrected chi connectivity index (χ0v) is 21.8. The van der Waals surface area contributed by atoms with Gasteiger partial charge in [-0.05, 0) is 57.7 Å². The van der Waals surface area contributed by atoms with Crippen molar-refractivity contribution >= 4 is 40.3 Å². The molecule has 12 nitrogen and oxygen atoms in total. The normalized spacial score (nSPS) is 16.6. The number of rotatable bonds is 11. The lowest BCUT2D eigenvalue weighted by molar-refractivity contribution is -0.144. The van der Waals surface area contributed by atoms with Crippen LogP contribution in [0.3, 0.4) is 0 Å². The number of hydrogen-bond acceptors (Lipinski definition) is 8. The molecule has 2 aromatic rings. The van der Waals surface area contributed by atoms with Crippen LogP contribution >= 0.6 is 0 Å². The molecule has 3 amide bonds. The van der Waals surface area contributed by atoms with E-state index in [2.05, 4.69) is 5.32 Å².